The lowest BCUT2D eigenvalue weighted by atomic mass is 9.91. The molecule has 6 heteroatoms. The Kier molecular flexibility index (Phi) is 3.84. The van der Waals surface area contributed by atoms with Gasteiger partial charge in [0.25, 0.3) is 0 Å². The summed E-state index contributed by atoms with van der Waals surface area (Å²) in [6.07, 6.45) is -0.234. The standard InChI is InChI=1S/C8H12Br2O4/c9-6(10)7-13-3-8(4-14-7)1-11-5-12-2-8/h6-7H,1-5H2. The Morgan fingerprint density at radius 2 is 1.57 bits per heavy atom. The molecule has 2 aliphatic rings. The predicted octanol–water partition coefficient (Wildman–Crippen LogP) is 1.47. The van der Waals surface area contributed by atoms with Crippen LogP contribution in [0.2, 0.25) is 0 Å². The normalized spacial score (nSPS) is 28.5. The highest BCUT2D eigenvalue weighted by atomic mass is 79.9. The van der Waals surface area contributed by atoms with Crippen molar-refractivity contribution in [2.45, 2.75) is 10.0 Å². The summed E-state index contributed by atoms with van der Waals surface area (Å²) < 4.78 is 21.6. The third-order valence-electron chi connectivity index (χ3n) is 2.30. The number of halogens is 2. The van der Waals surface area contributed by atoms with Gasteiger partial charge in [-0.05, 0) is 0 Å². The summed E-state index contributed by atoms with van der Waals surface area (Å²) in [4.78, 5) is 0. The van der Waals surface area contributed by atoms with Crippen LogP contribution in [0.15, 0.2) is 0 Å². The van der Waals surface area contributed by atoms with Crippen LogP contribution >= 0.6 is 31.9 Å². The molecule has 0 N–H and O–H groups in total. The van der Waals surface area contributed by atoms with E-state index < -0.39 is 0 Å². The lowest BCUT2D eigenvalue weighted by molar-refractivity contribution is -0.274. The van der Waals surface area contributed by atoms with Crippen LogP contribution in [0.3, 0.4) is 0 Å². The van der Waals surface area contributed by atoms with Gasteiger partial charge in [-0.2, -0.15) is 0 Å². The molecule has 2 rings (SSSR count). The third kappa shape index (κ3) is 2.48. The Labute approximate surface area is 99.5 Å². The largest absolute Gasteiger partial charge is 0.355 e. The Morgan fingerprint density at radius 1 is 1.00 bits per heavy atom. The smallest absolute Gasteiger partial charge is 0.179 e. The van der Waals surface area contributed by atoms with E-state index in [1.807, 2.05) is 0 Å². The summed E-state index contributed by atoms with van der Waals surface area (Å²) in [5.41, 5.74) is -0.107. The highest BCUT2D eigenvalue weighted by Gasteiger charge is 2.40. The van der Waals surface area contributed by atoms with Crippen LogP contribution in [0.4, 0.5) is 0 Å². The molecule has 2 fully saturated rings. The van der Waals surface area contributed by atoms with E-state index in [1.165, 1.54) is 0 Å². The number of alkyl halides is 2. The predicted molar refractivity (Wildman–Crippen MR) is 56.5 cm³/mol. The van der Waals surface area contributed by atoms with Crippen molar-refractivity contribution in [1.29, 1.82) is 0 Å². The molecule has 4 nitrogen and oxygen atoms in total. The summed E-state index contributed by atoms with van der Waals surface area (Å²) in [6, 6.07) is 0. The quantitative estimate of drug-likeness (QED) is 0.682. The Bertz CT molecular complexity index is 184. The first-order chi connectivity index (χ1) is 6.72. The molecule has 2 heterocycles. The van der Waals surface area contributed by atoms with Crippen molar-refractivity contribution < 1.29 is 18.9 Å². The number of hydrogen-bond acceptors (Lipinski definition) is 4. The molecule has 0 aromatic carbocycles. The minimum Gasteiger partial charge on any atom is -0.355 e. The zero-order valence-corrected chi connectivity index (χ0v) is 10.8. The minimum atomic E-state index is -0.234. The van der Waals surface area contributed by atoms with Crippen molar-refractivity contribution >= 4 is 31.9 Å². The van der Waals surface area contributed by atoms with Gasteiger partial charge < -0.3 is 18.9 Å². The van der Waals surface area contributed by atoms with Crippen molar-refractivity contribution in [3.63, 3.8) is 0 Å². The topological polar surface area (TPSA) is 36.9 Å². The number of hydrogen-bond donors (Lipinski definition) is 0. The highest BCUT2D eigenvalue weighted by Crippen LogP contribution is 2.31. The SMILES string of the molecule is BrC(Br)C1OCC2(COCOC2)CO1. The van der Waals surface area contributed by atoms with Crippen molar-refractivity contribution in [1.82, 2.24) is 0 Å². The van der Waals surface area contributed by atoms with Crippen molar-refractivity contribution in [2.24, 2.45) is 5.41 Å². The molecule has 0 amide bonds. The van der Waals surface area contributed by atoms with Crippen LogP contribution in [0.1, 0.15) is 0 Å². The van der Waals surface area contributed by atoms with Gasteiger partial charge in [-0.25, -0.2) is 0 Å². The first-order valence-electron chi connectivity index (χ1n) is 4.39. The third-order valence-corrected chi connectivity index (χ3v) is 3.16. The first-order valence-corrected chi connectivity index (χ1v) is 6.22. The molecule has 0 saturated carbocycles. The molecule has 2 saturated heterocycles. The second-order valence-electron chi connectivity index (χ2n) is 3.64. The maximum absolute atomic E-state index is 5.56. The number of rotatable bonds is 1. The van der Waals surface area contributed by atoms with Gasteiger partial charge in [-0.3, -0.25) is 0 Å². The molecule has 0 aromatic heterocycles. The molecule has 0 atom stereocenters. The summed E-state index contributed by atoms with van der Waals surface area (Å²) in [6.45, 7) is 2.91. The Morgan fingerprint density at radius 3 is 2.07 bits per heavy atom. The van der Waals surface area contributed by atoms with Gasteiger partial charge in [0, 0.05) is 0 Å². The molecular formula is C8H12Br2O4. The van der Waals surface area contributed by atoms with E-state index in [1.54, 1.807) is 0 Å². The Balaban J connectivity index is 1.87. The fourth-order valence-electron chi connectivity index (χ4n) is 1.54. The maximum atomic E-state index is 5.56. The van der Waals surface area contributed by atoms with Crippen LogP contribution in [-0.4, -0.2) is 43.2 Å². The summed E-state index contributed by atoms with van der Waals surface area (Å²) in [7, 11) is 0. The average Bonchev–Trinajstić information content (AvgIpc) is 2.19. The van der Waals surface area contributed by atoms with Gasteiger partial charge in [-0.15, -0.1) is 0 Å². The monoisotopic (exact) mass is 330 g/mol. The van der Waals surface area contributed by atoms with E-state index in [4.69, 9.17) is 18.9 Å². The molecular weight excluding hydrogens is 320 g/mol. The van der Waals surface area contributed by atoms with Gasteiger partial charge in [0.2, 0.25) is 0 Å². The van der Waals surface area contributed by atoms with Crippen LogP contribution in [0.5, 0.6) is 0 Å². The van der Waals surface area contributed by atoms with Gasteiger partial charge >= 0.3 is 0 Å². The van der Waals surface area contributed by atoms with Crippen LogP contribution in [0.25, 0.3) is 0 Å². The zero-order valence-electron chi connectivity index (χ0n) is 7.58. The zero-order chi connectivity index (χ0) is 10.0. The van der Waals surface area contributed by atoms with Crippen LogP contribution < -0.4 is 0 Å². The molecule has 0 aliphatic carbocycles. The van der Waals surface area contributed by atoms with Crippen LogP contribution in [-0.2, 0) is 18.9 Å². The molecule has 0 aromatic rings. The van der Waals surface area contributed by atoms with Crippen molar-refractivity contribution in [3.8, 4) is 0 Å². The van der Waals surface area contributed by atoms with E-state index in [0.29, 0.717) is 33.2 Å². The van der Waals surface area contributed by atoms with Crippen molar-refractivity contribution in [3.05, 3.63) is 0 Å². The summed E-state index contributed by atoms with van der Waals surface area (Å²) in [5, 5.41) is 0. The Hall–Kier alpha value is 0.800. The second kappa shape index (κ2) is 4.76. The second-order valence-corrected chi connectivity index (χ2v) is 6.84. The molecule has 1 spiro atoms. The summed E-state index contributed by atoms with van der Waals surface area (Å²) in [5.74, 6) is 0. The lowest BCUT2D eigenvalue weighted by Gasteiger charge is -2.41. The molecule has 0 radical (unpaired) electrons. The maximum Gasteiger partial charge on any atom is 0.179 e. The minimum absolute atomic E-state index is 0.0257. The number of ether oxygens (including phenoxy) is 4. The fourth-order valence-corrected chi connectivity index (χ4v) is 2.15. The molecule has 14 heavy (non-hydrogen) atoms. The van der Waals surface area contributed by atoms with Crippen molar-refractivity contribution in [2.75, 3.05) is 33.2 Å². The first kappa shape index (κ1) is 11.3. The van der Waals surface area contributed by atoms with Gasteiger partial charge in [0.05, 0.1) is 31.8 Å². The molecule has 0 bridgehead atoms. The van der Waals surface area contributed by atoms with E-state index >= 15 is 0 Å². The molecule has 82 valence electrons. The fraction of sp³-hybridized carbons (Fsp3) is 1.00. The summed E-state index contributed by atoms with van der Waals surface area (Å²) >= 11 is 6.71. The average molecular weight is 332 g/mol. The van der Waals surface area contributed by atoms with E-state index in [-0.39, 0.29) is 15.4 Å². The van der Waals surface area contributed by atoms with E-state index in [9.17, 15) is 0 Å². The highest BCUT2D eigenvalue weighted by molar-refractivity contribution is 9.24. The lowest BCUT2D eigenvalue weighted by Crippen LogP contribution is -2.51. The molecule has 0 unspecified atom stereocenters. The molecule has 2 aliphatic heterocycles. The van der Waals surface area contributed by atoms with Gasteiger partial charge in [0.15, 0.2) is 6.29 Å². The van der Waals surface area contributed by atoms with E-state index in [2.05, 4.69) is 31.9 Å². The van der Waals surface area contributed by atoms with Crippen LogP contribution in [0, 0.1) is 5.41 Å². The van der Waals surface area contributed by atoms with Gasteiger partial charge in [-0.1, -0.05) is 31.9 Å². The van der Waals surface area contributed by atoms with E-state index in [0.717, 1.165) is 0 Å². The van der Waals surface area contributed by atoms with Gasteiger partial charge in [0.1, 0.15) is 10.5 Å².